The number of nitrogens with zero attached hydrogens (tertiary/aromatic N) is 3. The molecule has 0 bridgehead atoms. The van der Waals surface area contributed by atoms with Gasteiger partial charge in [0.15, 0.2) is 5.88 Å². The number of fused-ring (bicyclic) bond motifs is 3. The van der Waals surface area contributed by atoms with Crippen molar-refractivity contribution < 1.29 is 4.10 Å². The molecule has 0 spiro atoms. The summed E-state index contributed by atoms with van der Waals surface area (Å²) in [6, 6.07) is 18.7. The Hall–Kier alpha value is -2.07. The van der Waals surface area contributed by atoms with Gasteiger partial charge in [-0.3, -0.25) is 0 Å². The van der Waals surface area contributed by atoms with Gasteiger partial charge in [0.25, 0.3) is 0 Å². The summed E-state index contributed by atoms with van der Waals surface area (Å²) in [5, 5.41) is 4.70. The van der Waals surface area contributed by atoms with Crippen molar-refractivity contribution in [1.29, 1.82) is 0 Å². The van der Waals surface area contributed by atoms with Gasteiger partial charge in [-0.2, -0.15) is 0 Å². The predicted octanol–water partition coefficient (Wildman–Crippen LogP) is 4.31. The first-order valence-electron chi connectivity index (χ1n) is 6.67. The first kappa shape index (κ1) is 11.7. The topological polar surface area (TPSA) is 18.6 Å². The largest absolute Gasteiger partial charge is 0.312 e. The molecule has 2 aliphatic rings. The number of hydrogen-bond donors (Lipinski definition) is 0. The standard InChI is InChI=1S/C16H14N3S/c1-2-7-14(8-3-1)17-19-16-11-10-13-6-4-5-9-15(13)18(16)12-20-19/h1-9,11H,10,12H2/q+1. The van der Waals surface area contributed by atoms with Gasteiger partial charge in [-0.15, -0.1) is 0 Å². The molecule has 98 valence electrons. The Kier molecular flexibility index (Phi) is 2.81. The highest BCUT2D eigenvalue weighted by Gasteiger charge is 2.38. The molecule has 4 heteroatoms. The van der Waals surface area contributed by atoms with E-state index in [0.29, 0.717) is 0 Å². The molecule has 0 amide bonds. The van der Waals surface area contributed by atoms with Crippen molar-refractivity contribution in [2.24, 2.45) is 5.11 Å². The minimum atomic E-state index is 0.916. The second-order valence-electron chi connectivity index (χ2n) is 4.79. The molecule has 2 heterocycles. The van der Waals surface area contributed by atoms with E-state index in [1.807, 2.05) is 34.4 Å². The van der Waals surface area contributed by atoms with Gasteiger partial charge in [-0.1, -0.05) is 45.6 Å². The van der Waals surface area contributed by atoms with Gasteiger partial charge in [-0.25, -0.2) is 4.90 Å². The maximum absolute atomic E-state index is 4.70. The Balaban J connectivity index is 1.72. The van der Waals surface area contributed by atoms with Crippen molar-refractivity contribution in [2.75, 3.05) is 10.8 Å². The second kappa shape index (κ2) is 4.80. The van der Waals surface area contributed by atoms with Crippen LogP contribution in [0.15, 0.2) is 71.6 Å². The highest BCUT2D eigenvalue weighted by Crippen LogP contribution is 2.38. The van der Waals surface area contributed by atoms with Gasteiger partial charge in [-0.05, 0) is 18.2 Å². The Morgan fingerprint density at radius 2 is 1.80 bits per heavy atom. The Morgan fingerprint density at radius 1 is 1.00 bits per heavy atom. The molecule has 0 unspecified atom stereocenters. The molecule has 2 aliphatic heterocycles. The van der Waals surface area contributed by atoms with Crippen LogP contribution < -0.4 is 4.90 Å². The number of para-hydroxylation sites is 1. The van der Waals surface area contributed by atoms with Gasteiger partial charge in [0.05, 0.1) is 0 Å². The maximum atomic E-state index is 4.70. The highest BCUT2D eigenvalue weighted by molar-refractivity contribution is 7.93. The summed E-state index contributed by atoms with van der Waals surface area (Å²) in [5.74, 6) is 2.09. The summed E-state index contributed by atoms with van der Waals surface area (Å²) < 4.78 is 2.03. The molecule has 4 rings (SSSR count). The number of benzene rings is 2. The molecule has 1 saturated heterocycles. The highest BCUT2D eigenvalue weighted by atomic mass is 32.2. The van der Waals surface area contributed by atoms with E-state index in [-0.39, 0.29) is 0 Å². The molecular formula is C16H14N3S+. The fourth-order valence-corrected chi connectivity index (χ4v) is 3.51. The minimum absolute atomic E-state index is 0.916. The lowest BCUT2D eigenvalue weighted by Crippen LogP contribution is -2.22. The van der Waals surface area contributed by atoms with Crippen LogP contribution >= 0.6 is 11.9 Å². The van der Waals surface area contributed by atoms with Gasteiger partial charge < -0.3 is 0 Å². The van der Waals surface area contributed by atoms with E-state index in [9.17, 15) is 0 Å². The fourth-order valence-electron chi connectivity index (χ4n) is 2.56. The Bertz CT molecular complexity index is 707. The van der Waals surface area contributed by atoms with Gasteiger partial charge in [0.2, 0.25) is 0 Å². The van der Waals surface area contributed by atoms with Crippen molar-refractivity contribution in [3.05, 3.63) is 72.1 Å². The van der Waals surface area contributed by atoms with Crippen LogP contribution in [-0.2, 0) is 6.42 Å². The number of allylic oxidation sites excluding steroid dienone is 1. The van der Waals surface area contributed by atoms with Crippen LogP contribution in [0, 0.1) is 0 Å². The number of rotatable bonds is 1. The molecular weight excluding hydrogens is 266 g/mol. The third-order valence-corrected chi connectivity index (χ3v) is 4.42. The molecule has 0 saturated carbocycles. The molecule has 2 aromatic rings. The Morgan fingerprint density at radius 3 is 2.70 bits per heavy atom. The van der Waals surface area contributed by atoms with Gasteiger partial charge in [0, 0.05) is 18.1 Å². The predicted molar refractivity (Wildman–Crippen MR) is 82.0 cm³/mol. The van der Waals surface area contributed by atoms with E-state index in [1.54, 1.807) is 11.9 Å². The monoisotopic (exact) mass is 280 g/mol. The first-order chi connectivity index (χ1) is 9.92. The van der Waals surface area contributed by atoms with Gasteiger partial charge >= 0.3 is 5.82 Å². The van der Waals surface area contributed by atoms with E-state index in [0.717, 1.165) is 18.0 Å². The van der Waals surface area contributed by atoms with E-state index in [4.69, 9.17) is 5.11 Å². The van der Waals surface area contributed by atoms with E-state index < -0.39 is 0 Å². The molecule has 0 aliphatic carbocycles. The lowest BCUT2D eigenvalue weighted by molar-refractivity contribution is -0.358. The molecule has 1 fully saturated rings. The smallest absolute Gasteiger partial charge is 0.212 e. The SMILES string of the molecule is C1=C2N(CS[N+]2=Nc2ccccc2)c2ccccc2C1. The van der Waals surface area contributed by atoms with Crippen molar-refractivity contribution >= 4 is 23.3 Å². The van der Waals surface area contributed by atoms with Crippen molar-refractivity contribution in [3.8, 4) is 0 Å². The van der Waals surface area contributed by atoms with Crippen LogP contribution in [-0.4, -0.2) is 9.98 Å². The second-order valence-corrected chi connectivity index (χ2v) is 5.65. The Labute approximate surface area is 122 Å². The molecule has 20 heavy (non-hydrogen) atoms. The summed E-state index contributed by atoms with van der Waals surface area (Å²) >= 11 is 1.73. The molecule has 0 atom stereocenters. The average Bonchev–Trinajstić information content (AvgIpc) is 2.92. The van der Waals surface area contributed by atoms with Crippen LogP contribution in [0.4, 0.5) is 11.4 Å². The molecule has 0 radical (unpaired) electrons. The van der Waals surface area contributed by atoms with Crippen LogP contribution in [0.3, 0.4) is 0 Å². The van der Waals surface area contributed by atoms with Crippen LogP contribution in [0.5, 0.6) is 0 Å². The zero-order valence-corrected chi connectivity index (χ0v) is 11.8. The van der Waals surface area contributed by atoms with Crippen LogP contribution in [0.2, 0.25) is 0 Å². The third kappa shape index (κ3) is 1.93. The quantitative estimate of drug-likeness (QED) is 0.572. The molecule has 0 N–H and O–H groups in total. The lowest BCUT2D eigenvalue weighted by Gasteiger charge is -2.17. The van der Waals surface area contributed by atoms with Crippen molar-refractivity contribution in [3.63, 3.8) is 0 Å². The zero-order valence-electron chi connectivity index (χ0n) is 10.9. The summed E-state index contributed by atoms with van der Waals surface area (Å²) in [7, 11) is 0. The third-order valence-electron chi connectivity index (χ3n) is 3.53. The number of azo groups is 1. The summed E-state index contributed by atoms with van der Waals surface area (Å²) in [4.78, 5) is 2.33. The first-order valence-corrected chi connectivity index (χ1v) is 7.61. The van der Waals surface area contributed by atoms with E-state index in [1.165, 1.54) is 17.1 Å². The summed E-state index contributed by atoms with van der Waals surface area (Å²) in [5.41, 5.74) is 3.68. The molecule has 3 nitrogen and oxygen atoms in total. The normalized spacial score (nSPS) is 18.7. The van der Waals surface area contributed by atoms with Gasteiger partial charge in [0.1, 0.15) is 23.3 Å². The average molecular weight is 280 g/mol. The molecule has 2 aromatic carbocycles. The maximum Gasteiger partial charge on any atom is 0.312 e. The van der Waals surface area contributed by atoms with Crippen LogP contribution in [0.1, 0.15) is 5.56 Å². The fraction of sp³-hybridized carbons (Fsp3) is 0.125. The van der Waals surface area contributed by atoms with Crippen LogP contribution in [0.25, 0.3) is 0 Å². The zero-order chi connectivity index (χ0) is 13.4. The van der Waals surface area contributed by atoms with Crippen molar-refractivity contribution in [2.45, 2.75) is 6.42 Å². The van der Waals surface area contributed by atoms with Crippen molar-refractivity contribution in [1.82, 2.24) is 0 Å². The minimum Gasteiger partial charge on any atom is -0.212 e. The number of anilines is 1. The summed E-state index contributed by atoms with van der Waals surface area (Å²) in [6.07, 6.45) is 3.23. The number of hydrogen-bond acceptors (Lipinski definition) is 3. The van der Waals surface area contributed by atoms with E-state index in [2.05, 4.69) is 35.2 Å². The summed E-state index contributed by atoms with van der Waals surface area (Å²) in [6.45, 7) is 0. The lowest BCUT2D eigenvalue weighted by atomic mass is 10.1. The molecule has 0 aromatic heterocycles. The van der Waals surface area contributed by atoms with E-state index >= 15 is 0 Å².